The number of ether oxygens (including phenoxy) is 1. The summed E-state index contributed by atoms with van der Waals surface area (Å²) >= 11 is 0. The Morgan fingerprint density at radius 2 is 1.49 bits per heavy atom. The number of hydrogen-bond donors (Lipinski definition) is 0. The van der Waals surface area contributed by atoms with Gasteiger partial charge in [0.25, 0.3) is 11.8 Å². The van der Waals surface area contributed by atoms with E-state index in [-0.39, 0.29) is 29.2 Å². The fourth-order valence-electron chi connectivity index (χ4n) is 5.76. The lowest BCUT2D eigenvalue weighted by atomic mass is 10.1. The van der Waals surface area contributed by atoms with Crippen LogP contribution < -0.4 is 4.74 Å². The molecule has 0 spiro atoms. The SMILES string of the molecule is Cn1c(C(=O)N2CCN(Cc3ccc(C(F)(F)F)cc3)CC2)cc2ccc(Oc3cnc(-c4nc(-c5ccc(C(F)(F)F)cc5)no4)cn3)cc21. The molecule has 10 nitrogen and oxygen atoms in total. The van der Waals surface area contributed by atoms with Crippen LogP contribution in [-0.2, 0) is 25.9 Å². The third-order valence-corrected chi connectivity index (χ3v) is 8.55. The van der Waals surface area contributed by atoms with Gasteiger partial charge >= 0.3 is 12.4 Å². The molecule has 16 heteroatoms. The molecule has 0 N–H and O–H groups in total. The standard InChI is InChI=1S/C35H27F6N7O3/c1-46-28-17-26(50-30-19-42-27(18-43-30)32-44-31(45-51-32)22-4-9-25(10-5-22)35(39,40)41)11-6-23(28)16-29(46)33(49)48-14-12-47(13-15-48)20-21-2-7-24(8-3-21)34(36,37)38/h2-11,16-19H,12-15,20H2,1H3. The fraction of sp³-hybridized carbons (Fsp3) is 0.229. The molecule has 3 aromatic carbocycles. The summed E-state index contributed by atoms with van der Waals surface area (Å²) in [7, 11) is 1.79. The summed E-state index contributed by atoms with van der Waals surface area (Å²) in [6.07, 6.45) is -6.11. The Balaban J connectivity index is 0.969. The molecule has 0 saturated carbocycles. The average Bonchev–Trinajstić information content (AvgIpc) is 3.73. The van der Waals surface area contributed by atoms with E-state index in [9.17, 15) is 31.1 Å². The van der Waals surface area contributed by atoms with Gasteiger partial charge in [0.15, 0.2) is 0 Å². The second-order valence-corrected chi connectivity index (χ2v) is 11.9. The second-order valence-electron chi connectivity index (χ2n) is 11.9. The minimum Gasteiger partial charge on any atom is -0.437 e. The Bertz CT molecular complexity index is 2170. The fourth-order valence-corrected chi connectivity index (χ4v) is 5.76. The first-order chi connectivity index (χ1) is 24.3. The first kappa shape index (κ1) is 33.7. The number of aromatic nitrogens is 5. The lowest BCUT2D eigenvalue weighted by molar-refractivity contribution is -0.138. The highest BCUT2D eigenvalue weighted by molar-refractivity contribution is 5.99. The molecule has 4 heterocycles. The second kappa shape index (κ2) is 13.2. The molecule has 3 aromatic heterocycles. The van der Waals surface area contributed by atoms with Crippen LogP contribution in [0.1, 0.15) is 27.2 Å². The number of carbonyl (C=O) groups is 1. The Kier molecular flexibility index (Phi) is 8.70. The van der Waals surface area contributed by atoms with Crippen LogP contribution in [0.3, 0.4) is 0 Å². The van der Waals surface area contributed by atoms with Crippen LogP contribution >= 0.6 is 0 Å². The van der Waals surface area contributed by atoms with Gasteiger partial charge in [-0.1, -0.05) is 29.4 Å². The molecule has 0 bridgehead atoms. The molecular weight excluding hydrogens is 680 g/mol. The van der Waals surface area contributed by atoms with Crippen molar-refractivity contribution in [2.45, 2.75) is 18.9 Å². The van der Waals surface area contributed by atoms with Crippen LogP contribution in [0.15, 0.2) is 89.7 Å². The first-order valence-corrected chi connectivity index (χ1v) is 15.6. The maximum atomic E-state index is 13.5. The van der Waals surface area contributed by atoms with E-state index in [2.05, 4.69) is 25.0 Å². The summed E-state index contributed by atoms with van der Waals surface area (Å²) in [5, 5.41) is 4.66. The van der Waals surface area contributed by atoms with E-state index in [1.54, 1.807) is 28.6 Å². The van der Waals surface area contributed by atoms with Crippen LogP contribution in [0.5, 0.6) is 11.6 Å². The zero-order chi connectivity index (χ0) is 35.9. The van der Waals surface area contributed by atoms with Crippen molar-refractivity contribution < 1.29 is 40.4 Å². The normalized spacial score (nSPS) is 14.3. The van der Waals surface area contributed by atoms with E-state index < -0.39 is 23.5 Å². The molecule has 1 aliphatic rings. The highest BCUT2D eigenvalue weighted by Crippen LogP contribution is 2.32. The number of nitrogens with zero attached hydrogens (tertiary/aromatic N) is 7. The minimum absolute atomic E-state index is 0.0203. The Morgan fingerprint density at radius 3 is 2.12 bits per heavy atom. The van der Waals surface area contributed by atoms with Crippen molar-refractivity contribution in [3.63, 3.8) is 0 Å². The molecule has 0 aliphatic carbocycles. The van der Waals surface area contributed by atoms with E-state index in [0.717, 1.165) is 40.7 Å². The zero-order valence-corrected chi connectivity index (χ0v) is 26.7. The largest absolute Gasteiger partial charge is 0.437 e. The highest BCUT2D eigenvalue weighted by Gasteiger charge is 2.31. The van der Waals surface area contributed by atoms with Crippen molar-refractivity contribution in [1.82, 2.24) is 34.5 Å². The molecule has 1 aliphatic heterocycles. The number of carbonyl (C=O) groups excluding carboxylic acids is 1. The quantitative estimate of drug-likeness (QED) is 0.158. The number of fused-ring (bicyclic) bond motifs is 1. The number of aryl methyl sites for hydroxylation is 1. The topological polar surface area (TPSA) is 102 Å². The molecule has 6 aromatic rings. The highest BCUT2D eigenvalue weighted by atomic mass is 19.4. The molecule has 0 unspecified atom stereocenters. The first-order valence-electron chi connectivity index (χ1n) is 15.6. The average molecular weight is 708 g/mol. The monoisotopic (exact) mass is 707 g/mol. The molecule has 1 fully saturated rings. The van der Waals surface area contributed by atoms with Gasteiger partial charge in [-0.2, -0.15) is 31.3 Å². The molecule has 262 valence electrons. The van der Waals surface area contributed by atoms with E-state index in [1.165, 1.54) is 36.7 Å². The van der Waals surface area contributed by atoms with Crippen molar-refractivity contribution in [1.29, 1.82) is 0 Å². The van der Waals surface area contributed by atoms with Crippen LogP contribution in [0.2, 0.25) is 0 Å². The molecule has 7 rings (SSSR count). The van der Waals surface area contributed by atoms with Crippen molar-refractivity contribution in [2.24, 2.45) is 7.05 Å². The molecule has 0 atom stereocenters. The Labute approximate surface area is 285 Å². The summed E-state index contributed by atoms with van der Waals surface area (Å²) in [6, 6.07) is 16.7. The maximum absolute atomic E-state index is 13.5. The van der Waals surface area contributed by atoms with Crippen molar-refractivity contribution >= 4 is 16.8 Å². The smallest absolute Gasteiger partial charge is 0.416 e. The van der Waals surface area contributed by atoms with Gasteiger partial charge in [0.05, 0.1) is 29.0 Å². The van der Waals surface area contributed by atoms with Crippen molar-refractivity contribution in [2.75, 3.05) is 26.2 Å². The molecule has 1 saturated heterocycles. The van der Waals surface area contributed by atoms with Gasteiger partial charge in [0.2, 0.25) is 11.7 Å². The lowest BCUT2D eigenvalue weighted by Crippen LogP contribution is -2.48. The number of piperazine rings is 1. The van der Waals surface area contributed by atoms with E-state index in [0.29, 0.717) is 49.7 Å². The summed E-state index contributed by atoms with van der Waals surface area (Å²) in [5.74, 6) is 0.596. The number of rotatable bonds is 7. The number of alkyl halides is 6. The summed E-state index contributed by atoms with van der Waals surface area (Å²) in [6.45, 7) is 2.62. The van der Waals surface area contributed by atoms with E-state index >= 15 is 0 Å². The summed E-state index contributed by atoms with van der Waals surface area (Å²) < 4.78 is 90.2. The van der Waals surface area contributed by atoms with Gasteiger partial charge in [0.1, 0.15) is 17.1 Å². The van der Waals surface area contributed by atoms with Gasteiger partial charge in [-0.05, 0) is 48.0 Å². The third-order valence-electron chi connectivity index (χ3n) is 8.55. The molecule has 1 amide bonds. The number of hydrogen-bond acceptors (Lipinski definition) is 8. The predicted molar refractivity (Wildman–Crippen MR) is 171 cm³/mol. The van der Waals surface area contributed by atoms with Crippen LogP contribution in [-0.4, -0.2) is 66.6 Å². The van der Waals surface area contributed by atoms with Crippen LogP contribution in [0.25, 0.3) is 33.9 Å². The Hall–Kier alpha value is -5.77. The maximum Gasteiger partial charge on any atom is 0.416 e. The molecule has 51 heavy (non-hydrogen) atoms. The van der Waals surface area contributed by atoms with Gasteiger partial charge in [-0.15, -0.1) is 0 Å². The third kappa shape index (κ3) is 7.26. The van der Waals surface area contributed by atoms with Crippen LogP contribution in [0.4, 0.5) is 26.3 Å². The molecular formula is C35H27F6N7O3. The minimum atomic E-state index is -4.46. The van der Waals surface area contributed by atoms with E-state index in [1.807, 2.05) is 12.1 Å². The van der Waals surface area contributed by atoms with E-state index in [4.69, 9.17) is 9.26 Å². The lowest BCUT2D eigenvalue weighted by Gasteiger charge is -2.34. The van der Waals surface area contributed by atoms with Gasteiger partial charge in [-0.25, -0.2) is 9.97 Å². The summed E-state index contributed by atoms with van der Waals surface area (Å²) in [5.41, 5.74) is 1.12. The Morgan fingerprint density at radius 1 is 0.824 bits per heavy atom. The van der Waals surface area contributed by atoms with Gasteiger partial charge in [0, 0.05) is 56.8 Å². The predicted octanol–water partition coefficient (Wildman–Crippen LogP) is 7.47. The summed E-state index contributed by atoms with van der Waals surface area (Å²) in [4.78, 5) is 30.1. The zero-order valence-electron chi connectivity index (χ0n) is 26.7. The number of benzene rings is 3. The molecule has 0 radical (unpaired) electrons. The van der Waals surface area contributed by atoms with Crippen molar-refractivity contribution in [3.05, 3.63) is 108 Å². The number of amides is 1. The number of halogens is 6. The van der Waals surface area contributed by atoms with Gasteiger partial charge in [-0.3, -0.25) is 9.69 Å². The van der Waals surface area contributed by atoms with Crippen molar-refractivity contribution in [3.8, 4) is 34.6 Å². The van der Waals surface area contributed by atoms with Gasteiger partial charge < -0.3 is 18.7 Å². The van der Waals surface area contributed by atoms with Crippen LogP contribution in [0, 0.1) is 0 Å².